The van der Waals surface area contributed by atoms with Crippen LogP contribution in [0.5, 0.6) is 0 Å². The molecule has 0 radical (unpaired) electrons. The summed E-state index contributed by atoms with van der Waals surface area (Å²) in [5.74, 6) is -2.23. The molecule has 2 N–H and O–H groups in total. The Labute approximate surface area is 122 Å². The molecule has 4 nitrogen and oxygen atoms in total. The Balaban J connectivity index is 1.90. The normalized spacial score (nSPS) is 18.4. The van der Waals surface area contributed by atoms with E-state index in [1.165, 1.54) is 24.3 Å². The van der Waals surface area contributed by atoms with E-state index in [4.69, 9.17) is 0 Å². The van der Waals surface area contributed by atoms with Gasteiger partial charge in [-0.25, -0.2) is 4.39 Å². The predicted octanol–water partition coefficient (Wildman–Crippen LogP) is 2.47. The highest BCUT2D eigenvalue weighted by Gasteiger charge is 2.21. The lowest BCUT2D eigenvalue weighted by Gasteiger charge is -2.15. The van der Waals surface area contributed by atoms with E-state index in [0.29, 0.717) is 12.0 Å². The van der Waals surface area contributed by atoms with Crippen LogP contribution in [0.2, 0.25) is 0 Å². The van der Waals surface area contributed by atoms with Crippen molar-refractivity contribution >= 4 is 11.9 Å². The van der Waals surface area contributed by atoms with Crippen LogP contribution < -0.4 is 5.32 Å². The smallest absolute Gasteiger partial charge is 0.312 e. The molecule has 2 atom stereocenters. The van der Waals surface area contributed by atoms with Crippen LogP contribution in [0.1, 0.15) is 30.7 Å². The first kappa shape index (κ1) is 15.2. The van der Waals surface area contributed by atoms with Crippen molar-refractivity contribution in [3.63, 3.8) is 0 Å². The largest absolute Gasteiger partial charge is 0.481 e. The minimum Gasteiger partial charge on any atom is -0.481 e. The van der Waals surface area contributed by atoms with Gasteiger partial charge in [0.2, 0.25) is 5.91 Å². The van der Waals surface area contributed by atoms with Crippen LogP contribution in [-0.4, -0.2) is 23.5 Å². The minimum absolute atomic E-state index is 0.0102. The van der Waals surface area contributed by atoms with Gasteiger partial charge in [-0.15, -0.1) is 0 Å². The number of carbonyl (C=O) groups is 2. The van der Waals surface area contributed by atoms with E-state index < -0.39 is 17.7 Å². The summed E-state index contributed by atoms with van der Waals surface area (Å²) in [7, 11) is 0. The van der Waals surface area contributed by atoms with E-state index in [-0.39, 0.29) is 18.4 Å². The fourth-order valence-electron chi connectivity index (χ4n) is 2.43. The third-order valence-corrected chi connectivity index (χ3v) is 3.63. The number of hydrogen-bond donors (Lipinski definition) is 2. The van der Waals surface area contributed by atoms with E-state index in [9.17, 15) is 19.1 Å². The second-order valence-corrected chi connectivity index (χ2v) is 5.22. The maximum Gasteiger partial charge on any atom is 0.312 e. The van der Waals surface area contributed by atoms with Crippen LogP contribution in [0, 0.1) is 11.7 Å². The van der Waals surface area contributed by atoms with Crippen molar-refractivity contribution in [1.29, 1.82) is 0 Å². The highest BCUT2D eigenvalue weighted by Crippen LogP contribution is 2.20. The van der Waals surface area contributed by atoms with Crippen molar-refractivity contribution in [2.75, 3.05) is 6.54 Å². The van der Waals surface area contributed by atoms with Crippen LogP contribution in [0.3, 0.4) is 0 Å². The van der Waals surface area contributed by atoms with Crippen molar-refractivity contribution in [3.8, 4) is 0 Å². The number of carboxylic acid groups (broad SMARTS) is 1. The van der Waals surface area contributed by atoms with E-state index in [1.54, 1.807) is 0 Å². The number of allylic oxidation sites excluding steroid dienone is 2. The number of benzene rings is 1. The van der Waals surface area contributed by atoms with Crippen molar-refractivity contribution in [3.05, 3.63) is 47.8 Å². The molecule has 2 unspecified atom stereocenters. The van der Waals surface area contributed by atoms with Crippen molar-refractivity contribution in [2.45, 2.75) is 25.2 Å². The lowest BCUT2D eigenvalue weighted by molar-refractivity contribution is -0.138. The highest BCUT2D eigenvalue weighted by molar-refractivity contribution is 5.80. The quantitative estimate of drug-likeness (QED) is 0.791. The molecular weight excluding hydrogens is 273 g/mol. The Morgan fingerprint density at radius 1 is 1.33 bits per heavy atom. The highest BCUT2D eigenvalue weighted by atomic mass is 19.1. The first-order chi connectivity index (χ1) is 10.1. The number of nitrogens with one attached hydrogen (secondary N) is 1. The molecule has 0 heterocycles. The summed E-state index contributed by atoms with van der Waals surface area (Å²) >= 11 is 0. The fraction of sp³-hybridized carbons (Fsp3) is 0.375. The predicted molar refractivity (Wildman–Crippen MR) is 76.3 cm³/mol. The molecule has 0 bridgehead atoms. The number of carboxylic acids is 1. The zero-order valence-electron chi connectivity index (χ0n) is 11.6. The van der Waals surface area contributed by atoms with Gasteiger partial charge in [0.15, 0.2) is 0 Å². The summed E-state index contributed by atoms with van der Waals surface area (Å²) in [6.07, 6.45) is 6.41. The molecule has 112 valence electrons. The molecule has 2 rings (SSSR count). The molecule has 0 fully saturated rings. The number of carbonyl (C=O) groups excluding carboxylic acids is 1. The van der Waals surface area contributed by atoms with E-state index >= 15 is 0 Å². The summed E-state index contributed by atoms with van der Waals surface area (Å²) in [6.45, 7) is 0.0102. The van der Waals surface area contributed by atoms with Gasteiger partial charge in [0.1, 0.15) is 5.82 Å². The zero-order chi connectivity index (χ0) is 15.2. The second kappa shape index (κ2) is 7.02. The summed E-state index contributed by atoms with van der Waals surface area (Å²) in [4.78, 5) is 23.1. The molecule has 1 aliphatic carbocycles. The number of amides is 1. The number of rotatable bonds is 6. The fourth-order valence-corrected chi connectivity index (χ4v) is 2.43. The van der Waals surface area contributed by atoms with Gasteiger partial charge in [-0.1, -0.05) is 24.3 Å². The second-order valence-electron chi connectivity index (χ2n) is 5.22. The van der Waals surface area contributed by atoms with Crippen molar-refractivity contribution < 1.29 is 19.1 Å². The zero-order valence-corrected chi connectivity index (χ0v) is 11.6. The summed E-state index contributed by atoms with van der Waals surface area (Å²) in [5.41, 5.74) is 0.477. The van der Waals surface area contributed by atoms with E-state index in [1.807, 2.05) is 6.08 Å². The average molecular weight is 291 g/mol. The Kier molecular flexibility index (Phi) is 5.09. The molecule has 1 aromatic rings. The molecule has 0 aromatic heterocycles. The lowest BCUT2D eigenvalue weighted by atomic mass is 9.98. The van der Waals surface area contributed by atoms with Crippen LogP contribution in [0.15, 0.2) is 36.4 Å². The monoisotopic (exact) mass is 291 g/mol. The third-order valence-electron chi connectivity index (χ3n) is 3.63. The van der Waals surface area contributed by atoms with Crippen LogP contribution in [0.4, 0.5) is 4.39 Å². The molecule has 0 aliphatic heterocycles. The topological polar surface area (TPSA) is 66.4 Å². The molecule has 0 saturated carbocycles. The third kappa shape index (κ3) is 4.41. The SMILES string of the molecule is O=C(CC1C=CCC1)NCC(C(=O)O)c1ccc(F)cc1. The number of halogens is 1. The van der Waals surface area contributed by atoms with Gasteiger partial charge < -0.3 is 10.4 Å². The van der Waals surface area contributed by atoms with E-state index in [0.717, 1.165) is 12.8 Å². The standard InChI is InChI=1S/C16H18FNO3/c17-13-7-5-12(6-8-13)14(16(20)21)10-18-15(19)9-11-3-1-2-4-11/h1,3,5-8,11,14H,2,4,9-10H2,(H,18,19)(H,20,21). The maximum absolute atomic E-state index is 12.9. The molecule has 5 heteroatoms. The van der Waals surface area contributed by atoms with Gasteiger partial charge in [0, 0.05) is 13.0 Å². The summed E-state index contributed by atoms with van der Waals surface area (Å²) in [6, 6.07) is 5.30. The molecule has 0 spiro atoms. The molecule has 0 saturated heterocycles. The Morgan fingerprint density at radius 3 is 2.62 bits per heavy atom. The van der Waals surface area contributed by atoms with Gasteiger partial charge >= 0.3 is 5.97 Å². The van der Waals surface area contributed by atoms with Gasteiger partial charge in [0.25, 0.3) is 0 Å². The van der Waals surface area contributed by atoms with Gasteiger partial charge in [-0.3, -0.25) is 9.59 Å². The lowest BCUT2D eigenvalue weighted by Crippen LogP contribution is -2.32. The minimum atomic E-state index is -1.04. The van der Waals surface area contributed by atoms with Crippen molar-refractivity contribution in [2.24, 2.45) is 5.92 Å². The van der Waals surface area contributed by atoms with E-state index in [2.05, 4.69) is 11.4 Å². The maximum atomic E-state index is 12.9. The first-order valence-electron chi connectivity index (χ1n) is 6.98. The van der Waals surface area contributed by atoms with Gasteiger partial charge in [-0.05, 0) is 36.5 Å². The van der Waals surface area contributed by atoms with Gasteiger partial charge in [0.05, 0.1) is 5.92 Å². The van der Waals surface area contributed by atoms with Crippen LogP contribution >= 0.6 is 0 Å². The van der Waals surface area contributed by atoms with Crippen LogP contribution in [-0.2, 0) is 9.59 Å². The molecule has 1 aromatic carbocycles. The average Bonchev–Trinajstić information content (AvgIpc) is 2.93. The Bertz CT molecular complexity index is 539. The summed E-state index contributed by atoms with van der Waals surface area (Å²) < 4.78 is 12.9. The summed E-state index contributed by atoms with van der Waals surface area (Å²) in [5, 5.41) is 11.9. The van der Waals surface area contributed by atoms with Crippen LogP contribution in [0.25, 0.3) is 0 Å². The number of hydrogen-bond acceptors (Lipinski definition) is 2. The van der Waals surface area contributed by atoms with Crippen molar-refractivity contribution in [1.82, 2.24) is 5.32 Å². The first-order valence-corrected chi connectivity index (χ1v) is 6.98. The molecular formula is C16H18FNO3. The Morgan fingerprint density at radius 2 is 2.05 bits per heavy atom. The molecule has 1 aliphatic rings. The Hall–Kier alpha value is -2.17. The van der Waals surface area contributed by atoms with Gasteiger partial charge in [-0.2, -0.15) is 0 Å². The number of aliphatic carboxylic acids is 1. The molecule has 21 heavy (non-hydrogen) atoms. The molecule has 1 amide bonds.